The molecule has 3 rings (SSSR count). The zero-order valence-corrected chi connectivity index (χ0v) is 19.9. The summed E-state index contributed by atoms with van der Waals surface area (Å²) < 4.78 is 36.4. The lowest BCUT2D eigenvalue weighted by molar-refractivity contribution is -0.384. The Morgan fingerprint density at radius 2 is 1.76 bits per heavy atom. The molecular formula is C23H17BrN2O6S. The molecule has 0 aliphatic rings. The molecule has 0 saturated heterocycles. The van der Waals surface area contributed by atoms with Crippen LogP contribution in [0.2, 0.25) is 0 Å². The molecule has 3 aromatic rings. The molecule has 168 valence electrons. The zero-order valence-electron chi connectivity index (χ0n) is 17.5. The van der Waals surface area contributed by atoms with Crippen molar-refractivity contribution in [1.29, 1.82) is 5.26 Å². The average molecular weight is 529 g/mol. The van der Waals surface area contributed by atoms with Crippen molar-refractivity contribution < 1.29 is 22.3 Å². The molecular weight excluding hydrogens is 512 g/mol. The fourth-order valence-corrected chi connectivity index (χ4v) is 4.48. The van der Waals surface area contributed by atoms with E-state index in [1.165, 1.54) is 49.6 Å². The van der Waals surface area contributed by atoms with Gasteiger partial charge in [0, 0.05) is 12.1 Å². The van der Waals surface area contributed by atoms with Crippen LogP contribution < -0.4 is 8.92 Å². The van der Waals surface area contributed by atoms with Gasteiger partial charge in [0.2, 0.25) is 0 Å². The second kappa shape index (κ2) is 9.85. The van der Waals surface area contributed by atoms with Crippen LogP contribution in [-0.2, 0) is 10.1 Å². The minimum atomic E-state index is -4.11. The van der Waals surface area contributed by atoms with Crippen LogP contribution in [0.1, 0.15) is 16.7 Å². The third-order valence-corrected chi connectivity index (χ3v) is 6.40. The van der Waals surface area contributed by atoms with E-state index < -0.39 is 15.0 Å². The molecule has 0 radical (unpaired) electrons. The first-order chi connectivity index (χ1) is 15.6. The van der Waals surface area contributed by atoms with Crippen LogP contribution >= 0.6 is 15.9 Å². The van der Waals surface area contributed by atoms with Crippen molar-refractivity contribution in [2.75, 3.05) is 7.11 Å². The van der Waals surface area contributed by atoms with Gasteiger partial charge in [-0.15, -0.1) is 0 Å². The van der Waals surface area contributed by atoms with Gasteiger partial charge < -0.3 is 8.92 Å². The van der Waals surface area contributed by atoms with Crippen molar-refractivity contribution >= 4 is 43.4 Å². The van der Waals surface area contributed by atoms with Gasteiger partial charge >= 0.3 is 10.1 Å². The molecule has 8 nitrogen and oxygen atoms in total. The maximum Gasteiger partial charge on any atom is 0.339 e. The Labute approximate surface area is 199 Å². The largest absolute Gasteiger partial charge is 0.493 e. The van der Waals surface area contributed by atoms with Gasteiger partial charge in [0.05, 0.1) is 28.1 Å². The summed E-state index contributed by atoms with van der Waals surface area (Å²) in [6.07, 6.45) is 1.55. The molecule has 0 N–H and O–H groups in total. The summed E-state index contributed by atoms with van der Waals surface area (Å²) >= 11 is 3.31. The molecule has 0 aromatic heterocycles. The van der Waals surface area contributed by atoms with Crippen LogP contribution in [0.15, 0.2) is 70.0 Å². The number of ether oxygens (including phenoxy) is 1. The molecule has 10 heteroatoms. The number of rotatable bonds is 7. The fraction of sp³-hybridized carbons (Fsp3) is 0.0870. The van der Waals surface area contributed by atoms with Gasteiger partial charge in [-0.1, -0.05) is 17.7 Å². The van der Waals surface area contributed by atoms with Gasteiger partial charge in [0.25, 0.3) is 5.69 Å². The van der Waals surface area contributed by atoms with Gasteiger partial charge in [-0.2, -0.15) is 13.7 Å². The zero-order chi connectivity index (χ0) is 24.2. The summed E-state index contributed by atoms with van der Waals surface area (Å²) in [5.74, 6) is 0.0939. The SMILES string of the molecule is COc1cc(C=C(C#N)c2ccc([N+](=O)[O-])cc2)cc(Br)c1OS(=O)(=O)c1ccc(C)cc1. The van der Waals surface area contributed by atoms with Crippen LogP contribution in [0.4, 0.5) is 5.69 Å². The number of benzene rings is 3. The summed E-state index contributed by atoms with van der Waals surface area (Å²) in [6.45, 7) is 1.84. The molecule has 0 aliphatic heterocycles. The molecule has 0 amide bonds. The second-order valence-corrected chi connectivity index (χ2v) is 9.26. The van der Waals surface area contributed by atoms with Crippen molar-refractivity contribution in [2.45, 2.75) is 11.8 Å². The van der Waals surface area contributed by atoms with E-state index in [0.29, 0.717) is 15.6 Å². The molecule has 33 heavy (non-hydrogen) atoms. The lowest BCUT2D eigenvalue weighted by atomic mass is 10.0. The van der Waals surface area contributed by atoms with E-state index in [9.17, 15) is 23.8 Å². The highest BCUT2D eigenvalue weighted by atomic mass is 79.9. The molecule has 0 fully saturated rings. The van der Waals surface area contributed by atoms with E-state index in [1.807, 2.05) is 6.92 Å². The molecule has 0 aliphatic carbocycles. The molecule has 0 heterocycles. The maximum absolute atomic E-state index is 12.7. The lowest BCUT2D eigenvalue weighted by Crippen LogP contribution is -2.11. The van der Waals surface area contributed by atoms with Crippen molar-refractivity contribution in [3.8, 4) is 17.6 Å². The van der Waals surface area contributed by atoms with Gasteiger partial charge in [0.15, 0.2) is 11.5 Å². The smallest absolute Gasteiger partial charge is 0.339 e. The van der Waals surface area contributed by atoms with Crippen LogP contribution in [0.3, 0.4) is 0 Å². The minimum absolute atomic E-state index is 0.00374. The Morgan fingerprint density at radius 1 is 1.12 bits per heavy atom. The Hall–Kier alpha value is -3.68. The van der Waals surface area contributed by atoms with Gasteiger partial charge in [0.1, 0.15) is 4.90 Å². The average Bonchev–Trinajstić information content (AvgIpc) is 2.79. The summed E-state index contributed by atoms with van der Waals surface area (Å²) in [5.41, 5.74) is 2.08. The number of nitro benzene ring substituents is 1. The summed E-state index contributed by atoms with van der Waals surface area (Å²) in [6, 6.07) is 17.0. The first-order valence-corrected chi connectivity index (χ1v) is 11.6. The monoisotopic (exact) mass is 528 g/mol. The molecule has 0 atom stereocenters. The van der Waals surface area contributed by atoms with Crippen molar-refractivity contribution in [3.63, 3.8) is 0 Å². The predicted molar refractivity (Wildman–Crippen MR) is 126 cm³/mol. The third-order valence-electron chi connectivity index (χ3n) is 4.58. The fourth-order valence-electron chi connectivity index (χ4n) is 2.88. The first kappa shape index (κ1) is 24.0. The Morgan fingerprint density at radius 3 is 2.30 bits per heavy atom. The summed E-state index contributed by atoms with van der Waals surface area (Å²) in [4.78, 5) is 10.3. The molecule has 0 unspecified atom stereocenters. The normalized spacial score (nSPS) is 11.5. The van der Waals surface area contributed by atoms with Gasteiger partial charge in [-0.05, 0) is 76.5 Å². The van der Waals surface area contributed by atoms with E-state index in [-0.39, 0.29) is 27.7 Å². The minimum Gasteiger partial charge on any atom is -0.493 e. The number of halogens is 1. The maximum atomic E-state index is 12.7. The van der Waals surface area contributed by atoms with E-state index in [1.54, 1.807) is 24.3 Å². The van der Waals surface area contributed by atoms with E-state index in [4.69, 9.17) is 8.92 Å². The number of nitro groups is 1. The number of nitriles is 1. The van der Waals surface area contributed by atoms with E-state index >= 15 is 0 Å². The van der Waals surface area contributed by atoms with Crippen LogP contribution in [-0.4, -0.2) is 20.5 Å². The van der Waals surface area contributed by atoms with Crippen molar-refractivity contribution in [3.05, 3.63) is 91.9 Å². The predicted octanol–water partition coefficient (Wildman–Crippen LogP) is 5.51. The summed E-state index contributed by atoms with van der Waals surface area (Å²) in [7, 11) is -2.75. The number of methoxy groups -OCH3 is 1. The number of nitrogens with zero attached hydrogens (tertiary/aromatic N) is 2. The second-order valence-electron chi connectivity index (χ2n) is 6.86. The third kappa shape index (κ3) is 5.58. The lowest BCUT2D eigenvalue weighted by Gasteiger charge is -2.14. The number of hydrogen-bond acceptors (Lipinski definition) is 7. The topological polar surface area (TPSA) is 120 Å². The molecule has 0 spiro atoms. The standard InChI is InChI=1S/C23H17BrN2O6S/c1-15-3-9-20(10-4-15)33(29,30)32-23-21(24)12-16(13-22(23)31-2)11-18(14-25)17-5-7-19(8-6-17)26(27)28/h3-13H,1-2H3. The number of non-ortho nitro benzene ring substituents is 1. The molecule has 3 aromatic carbocycles. The highest BCUT2D eigenvalue weighted by molar-refractivity contribution is 9.10. The van der Waals surface area contributed by atoms with Crippen LogP contribution in [0.25, 0.3) is 11.6 Å². The van der Waals surface area contributed by atoms with Crippen LogP contribution in [0.5, 0.6) is 11.5 Å². The Kier molecular flexibility index (Phi) is 7.16. The number of aryl methyl sites for hydroxylation is 1. The first-order valence-electron chi connectivity index (χ1n) is 9.40. The number of hydrogen-bond donors (Lipinski definition) is 0. The van der Waals surface area contributed by atoms with Crippen molar-refractivity contribution in [2.24, 2.45) is 0 Å². The van der Waals surface area contributed by atoms with Gasteiger partial charge in [-0.3, -0.25) is 10.1 Å². The van der Waals surface area contributed by atoms with Crippen molar-refractivity contribution in [1.82, 2.24) is 0 Å². The van der Waals surface area contributed by atoms with Crippen LogP contribution in [0, 0.1) is 28.4 Å². The Bertz CT molecular complexity index is 1380. The highest BCUT2D eigenvalue weighted by Gasteiger charge is 2.22. The van der Waals surface area contributed by atoms with E-state index in [0.717, 1.165) is 5.56 Å². The van der Waals surface area contributed by atoms with Gasteiger partial charge in [-0.25, -0.2) is 0 Å². The Balaban J connectivity index is 1.97. The highest BCUT2D eigenvalue weighted by Crippen LogP contribution is 2.39. The quantitative estimate of drug-likeness (QED) is 0.130. The molecule has 0 saturated carbocycles. The summed E-state index contributed by atoms with van der Waals surface area (Å²) in [5, 5.41) is 20.4. The molecule has 0 bridgehead atoms. The van der Waals surface area contributed by atoms with E-state index in [2.05, 4.69) is 22.0 Å². The number of allylic oxidation sites excluding steroid dienone is 1.